The molecule has 0 fully saturated rings. The zero-order valence-electron chi connectivity index (χ0n) is 10.8. The van der Waals surface area contributed by atoms with Gasteiger partial charge in [0, 0.05) is 0 Å². The Kier molecular flexibility index (Phi) is 5.31. The molecule has 0 aliphatic heterocycles. The Morgan fingerprint density at radius 1 is 0.938 bits per heavy atom. The van der Waals surface area contributed by atoms with Gasteiger partial charge in [0.2, 0.25) is 0 Å². The molecule has 1 aliphatic rings. The lowest BCUT2D eigenvalue weighted by molar-refractivity contribution is 0.805. The van der Waals surface area contributed by atoms with Crippen LogP contribution in [0.25, 0.3) is 0 Å². The van der Waals surface area contributed by atoms with E-state index in [0.717, 1.165) is 12.8 Å². The van der Waals surface area contributed by atoms with Gasteiger partial charge in [0.15, 0.2) is 0 Å². The van der Waals surface area contributed by atoms with Crippen molar-refractivity contribution < 1.29 is 0 Å². The van der Waals surface area contributed by atoms with Crippen molar-refractivity contribution in [2.75, 3.05) is 0 Å². The van der Waals surface area contributed by atoms with Crippen molar-refractivity contribution in [1.82, 2.24) is 0 Å². The largest absolute Gasteiger partial charge is 0.0998 e. The van der Waals surface area contributed by atoms with Crippen LogP contribution in [0.2, 0.25) is 0 Å². The second kappa shape index (κ2) is 6.52. The zero-order valence-corrected chi connectivity index (χ0v) is 10.8. The van der Waals surface area contributed by atoms with Crippen molar-refractivity contribution in [1.29, 1.82) is 0 Å². The fourth-order valence-electron chi connectivity index (χ4n) is 2.26. The average molecular weight is 216 g/mol. The molecule has 0 bridgehead atoms. The minimum atomic E-state index is 1.08. The lowest BCUT2D eigenvalue weighted by atomic mass is 9.89. The van der Waals surface area contributed by atoms with E-state index in [4.69, 9.17) is 0 Å². The predicted molar refractivity (Wildman–Crippen MR) is 73.5 cm³/mol. The summed E-state index contributed by atoms with van der Waals surface area (Å²) in [4.78, 5) is 0. The first kappa shape index (κ1) is 13.0. The number of hydrogen-bond acceptors (Lipinski definition) is 0. The highest BCUT2D eigenvalue weighted by Crippen LogP contribution is 2.28. The van der Waals surface area contributed by atoms with Gasteiger partial charge in [-0.25, -0.2) is 0 Å². The minimum Gasteiger partial charge on any atom is -0.0998 e. The van der Waals surface area contributed by atoms with Gasteiger partial charge in [0.25, 0.3) is 0 Å². The van der Waals surface area contributed by atoms with Crippen molar-refractivity contribution in [3.63, 3.8) is 0 Å². The first-order valence-electron chi connectivity index (χ1n) is 6.23. The van der Waals surface area contributed by atoms with E-state index in [9.17, 15) is 0 Å². The molecule has 0 saturated carbocycles. The molecule has 16 heavy (non-hydrogen) atoms. The van der Waals surface area contributed by atoms with Crippen LogP contribution in [-0.2, 0) is 0 Å². The van der Waals surface area contributed by atoms with Crippen LogP contribution in [0.3, 0.4) is 0 Å². The molecule has 0 aromatic heterocycles. The van der Waals surface area contributed by atoms with E-state index < -0.39 is 0 Å². The monoisotopic (exact) mass is 216 g/mol. The van der Waals surface area contributed by atoms with E-state index in [1.54, 1.807) is 11.1 Å². The molecule has 1 aliphatic carbocycles. The topological polar surface area (TPSA) is 0 Å². The van der Waals surface area contributed by atoms with Crippen LogP contribution in [0.5, 0.6) is 0 Å². The van der Waals surface area contributed by atoms with Gasteiger partial charge in [-0.05, 0) is 52.4 Å². The van der Waals surface area contributed by atoms with Crippen molar-refractivity contribution in [2.24, 2.45) is 0 Å². The first-order valence-corrected chi connectivity index (χ1v) is 6.23. The summed E-state index contributed by atoms with van der Waals surface area (Å²) in [6, 6.07) is 0. The van der Waals surface area contributed by atoms with Crippen LogP contribution in [0, 0.1) is 0 Å². The van der Waals surface area contributed by atoms with E-state index in [1.165, 1.54) is 36.8 Å². The zero-order chi connectivity index (χ0) is 12.0. The van der Waals surface area contributed by atoms with Gasteiger partial charge in [0.05, 0.1) is 0 Å². The van der Waals surface area contributed by atoms with Crippen molar-refractivity contribution in [3.05, 3.63) is 47.6 Å². The Hall–Kier alpha value is -1.04. The molecule has 0 heterocycles. The van der Waals surface area contributed by atoms with Gasteiger partial charge in [-0.3, -0.25) is 0 Å². The van der Waals surface area contributed by atoms with Gasteiger partial charge in [-0.15, -0.1) is 0 Å². The van der Waals surface area contributed by atoms with Crippen molar-refractivity contribution in [2.45, 2.75) is 52.4 Å². The van der Waals surface area contributed by atoms with Crippen molar-refractivity contribution >= 4 is 0 Å². The van der Waals surface area contributed by atoms with Crippen LogP contribution in [0.15, 0.2) is 47.6 Å². The molecular formula is C16H24. The number of hydrogen-bond donors (Lipinski definition) is 0. The van der Waals surface area contributed by atoms with Crippen LogP contribution >= 0.6 is 0 Å². The molecule has 0 aromatic carbocycles. The molecule has 0 spiro atoms. The quantitative estimate of drug-likeness (QED) is 0.556. The minimum absolute atomic E-state index is 1.08. The summed E-state index contributed by atoms with van der Waals surface area (Å²) in [5.41, 5.74) is 5.78. The van der Waals surface area contributed by atoms with Crippen molar-refractivity contribution in [3.8, 4) is 0 Å². The van der Waals surface area contributed by atoms with E-state index in [2.05, 4.69) is 39.2 Å². The summed E-state index contributed by atoms with van der Waals surface area (Å²) in [7, 11) is 0. The summed E-state index contributed by atoms with van der Waals surface area (Å²) in [6.07, 6.45) is 11.6. The van der Waals surface area contributed by atoms with Gasteiger partial charge in [0.1, 0.15) is 0 Å². The normalized spacial score (nSPS) is 16.9. The maximum Gasteiger partial charge on any atom is -0.0111 e. The molecule has 1 rings (SSSR count). The summed E-state index contributed by atoms with van der Waals surface area (Å²) in [5, 5.41) is 0. The highest BCUT2D eigenvalue weighted by atomic mass is 14.1. The Bertz CT molecular complexity index is 294. The Morgan fingerprint density at radius 3 is 1.62 bits per heavy atom. The maximum absolute atomic E-state index is 4.04. The molecule has 0 amide bonds. The lowest BCUT2D eigenvalue weighted by Crippen LogP contribution is -1.97. The number of allylic oxidation sites excluding steroid dienone is 6. The maximum atomic E-state index is 4.04. The molecule has 88 valence electrons. The third kappa shape index (κ3) is 4.65. The third-order valence-electron chi connectivity index (χ3n) is 2.92. The van der Waals surface area contributed by atoms with Gasteiger partial charge in [-0.1, -0.05) is 47.6 Å². The Morgan fingerprint density at radius 2 is 1.31 bits per heavy atom. The molecule has 0 nitrogen and oxygen atoms in total. The van der Waals surface area contributed by atoms with Gasteiger partial charge >= 0.3 is 0 Å². The predicted octanol–water partition coefficient (Wildman–Crippen LogP) is 5.35. The molecule has 0 N–H and O–H groups in total. The van der Waals surface area contributed by atoms with E-state index in [-0.39, 0.29) is 0 Å². The molecular weight excluding hydrogens is 192 g/mol. The van der Waals surface area contributed by atoms with E-state index >= 15 is 0 Å². The van der Waals surface area contributed by atoms with Crippen LogP contribution in [0.1, 0.15) is 52.4 Å². The van der Waals surface area contributed by atoms with Gasteiger partial charge < -0.3 is 0 Å². The van der Waals surface area contributed by atoms with Crippen LogP contribution in [0.4, 0.5) is 0 Å². The first-order chi connectivity index (χ1) is 7.59. The molecule has 0 radical (unpaired) electrons. The third-order valence-corrected chi connectivity index (χ3v) is 2.92. The highest BCUT2D eigenvalue weighted by molar-refractivity contribution is 5.25. The number of rotatable bonds is 4. The smallest absolute Gasteiger partial charge is 0.0111 e. The lowest BCUT2D eigenvalue weighted by Gasteiger charge is -2.17. The van der Waals surface area contributed by atoms with Gasteiger partial charge in [-0.2, -0.15) is 0 Å². The van der Waals surface area contributed by atoms with Crippen LogP contribution in [-0.4, -0.2) is 0 Å². The summed E-state index contributed by atoms with van der Waals surface area (Å²) < 4.78 is 0. The van der Waals surface area contributed by atoms with Crippen LogP contribution < -0.4 is 0 Å². The summed E-state index contributed by atoms with van der Waals surface area (Å²) in [6.45, 7) is 12.3. The molecule has 0 saturated heterocycles. The second-order valence-corrected chi connectivity index (χ2v) is 5.02. The van der Waals surface area contributed by atoms with E-state index in [1.807, 2.05) is 0 Å². The molecule has 0 unspecified atom stereocenters. The Labute approximate surface area is 100 Å². The molecule has 0 aromatic rings. The SMILES string of the molecule is C=C(C)CC1=C(CC(=C)C)CCC=CCC1. The average Bonchev–Trinajstić information content (AvgIpc) is 2.15. The highest BCUT2D eigenvalue weighted by Gasteiger charge is 2.08. The standard InChI is InChI=1S/C16H24/c1-13(2)11-15-9-7-5-6-8-10-16(15)12-14(3)4/h5-6H,1,3,7-12H2,2,4H3. The fourth-order valence-corrected chi connectivity index (χ4v) is 2.26. The molecule has 0 heteroatoms. The summed E-state index contributed by atoms with van der Waals surface area (Å²) >= 11 is 0. The molecule has 0 atom stereocenters. The second-order valence-electron chi connectivity index (χ2n) is 5.02. The Balaban J connectivity index is 2.83. The van der Waals surface area contributed by atoms with E-state index in [0.29, 0.717) is 0 Å². The fraction of sp³-hybridized carbons (Fsp3) is 0.500. The summed E-state index contributed by atoms with van der Waals surface area (Å²) in [5.74, 6) is 0.